The summed E-state index contributed by atoms with van der Waals surface area (Å²) in [6, 6.07) is 76.4. The van der Waals surface area contributed by atoms with Crippen molar-refractivity contribution in [2.24, 2.45) is 0 Å². The summed E-state index contributed by atoms with van der Waals surface area (Å²) >= 11 is 0. The Bertz CT molecular complexity index is 3230. The first-order chi connectivity index (χ1) is 27.7. The Morgan fingerprint density at radius 2 is 0.804 bits per heavy atom. The van der Waals surface area contributed by atoms with Gasteiger partial charge >= 0.3 is 0 Å². The van der Waals surface area contributed by atoms with Crippen LogP contribution in [0.15, 0.2) is 217 Å². The standard InChI is InChI=1S/C54H35NO/c1-2-10-37(11-3-1)46-13-6-7-14-47(46)39-24-29-44(30-25-39)55(45-31-33-51-50-16-8-9-17-52(50)56-53(51)35-45)43-27-22-36(23-28-43)41-26-32-49-42(34-41)21-20-40-19-18-38-12-4-5-15-48(38)54(40)49/h1-35H. The van der Waals surface area contributed by atoms with E-state index >= 15 is 0 Å². The van der Waals surface area contributed by atoms with Gasteiger partial charge in [0.05, 0.1) is 0 Å². The van der Waals surface area contributed by atoms with Crippen LogP contribution in [0.1, 0.15) is 0 Å². The first kappa shape index (κ1) is 32.0. The van der Waals surface area contributed by atoms with Gasteiger partial charge in [-0.2, -0.15) is 0 Å². The minimum atomic E-state index is 0.871. The van der Waals surface area contributed by atoms with Crippen molar-refractivity contribution in [2.45, 2.75) is 0 Å². The lowest BCUT2D eigenvalue weighted by molar-refractivity contribution is 0.669. The van der Waals surface area contributed by atoms with Crippen LogP contribution in [0.5, 0.6) is 0 Å². The van der Waals surface area contributed by atoms with Crippen molar-refractivity contribution >= 4 is 71.3 Å². The van der Waals surface area contributed by atoms with E-state index in [1.54, 1.807) is 0 Å². The van der Waals surface area contributed by atoms with Crippen molar-refractivity contribution in [1.82, 2.24) is 0 Å². The zero-order chi connectivity index (χ0) is 37.0. The molecule has 0 spiro atoms. The summed E-state index contributed by atoms with van der Waals surface area (Å²) in [6.45, 7) is 0. The van der Waals surface area contributed by atoms with Crippen LogP contribution in [-0.4, -0.2) is 0 Å². The van der Waals surface area contributed by atoms with Gasteiger partial charge in [-0.05, 0) is 114 Å². The molecule has 0 saturated carbocycles. The largest absolute Gasteiger partial charge is 0.456 e. The lowest BCUT2D eigenvalue weighted by Crippen LogP contribution is -2.09. The Morgan fingerprint density at radius 3 is 1.57 bits per heavy atom. The normalized spacial score (nSPS) is 11.6. The summed E-state index contributed by atoms with van der Waals surface area (Å²) in [4.78, 5) is 2.32. The first-order valence-electron chi connectivity index (χ1n) is 19.2. The Hall–Kier alpha value is -7.42. The third-order valence-corrected chi connectivity index (χ3v) is 11.3. The van der Waals surface area contributed by atoms with Crippen LogP contribution in [-0.2, 0) is 0 Å². The van der Waals surface area contributed by atoms with Gasteiger partial charge in [0.15, 0.2) is 0 Å². The Kier molecular flexibility index (Phi) is 7.53. The number of fused-ring (bicyclic) bond motifs is 8. The third kappa shape index (κ3) is 5.42. The van der Waals surface area contributed by atoms with Gasteiger partial charge in [-0.3, -0.25) is 0 Å². The molecule has 0 saturated heterocycles. The summed E-state index contributed by atoms with van der Waals surface area (Å²) in [6.07, 6.45) is 0. The van der Waals surface area contributed by atoms with Crippen LogP contribution in [0.2, 0.25) is 0 Å². The predicted octanol–water partition coefficient (Wildman–Crippen LogP) is 15.5. The fourth-order valence-corrected chi connectivity index (χ4v) is 8.51. The fraction of sp³-hybridized carbons (Fsp3) is 0. The van der Waals surface area contributed by atoms with Gasteiger partial charge in [0, 0.05) is 33.9 Å². The molecule has 0 radical (unpaired) electrons. The summed E-state index contributed by atoms with van der Waals surface area (Å²) in [7, 11) is 0. The zero-order valence-electron chi connectivity index (χ0n) is 30.6. The van der Waals surface area contributed by atoms with Gasteiger partial charge in [0.1, 0.15) is 11.2 Å². The lowest BCUT2D eigenvalue weighted by Gasteiger charge is -2.26. The first-order valence-corrected chi connectivity index (χ1v) is 19.2. The van der Waals surface area contributed by atoms with E-state index in [1.165, 1.54) is 65.7 Å². The highest BCUT2D eigenvalue weighted by atomic mass is 16.3. The van der Waals surface area contributed by atoms with Gasteiger partial charge in [0.25, 0.3) is 0 Å². The van der Waals surface area contributed by atoms with Crippen molar-refractivity contribution in [3.63, 3.8) is 0 Å². The van der Waals surface area contributed by atoms with Gasteiger partial charge in [0.2, 0.25) is 0 Å². The molecule has 0 aliphatic rings. The molecule has 0 bridgehead atoms. The van der Waals surface area contributed by atoms with E-state index in [-0.39, 0.29) is 0 Å². The molecular weight excluding hydrogens is 679 g/mol. The molecule has 11 aromatic rings. The second kappa shape index (κ2) is 13.2. The zero-order valence-corrected chi connectivity index (χ0v) is 30.6. The SMILES string of the molecule is c1ccc(-c2ccccc2-c2ccc(N(c3ccc(-c4ccc5c(ccc6ccc7ccccc7c65)c4)cc3)c3ccc4c(c3)oc3ccccc34)cc2)cc1. The summed E-state index contributed by atoms with van der Waals surface area (Å²) < 4.78 is 6.38. The number of furan rings is 1. The molecular formula is C54H35NO. The molecule has 1 aromatic heterocycles. The lowest BCUT2D eigenvalue weighted by atomic mass is 9.94. The van der Waals surface area contributed by atoms with Gasteiger partial charge in [-0.25, -0.2) is 0 Å². The summed E-state index contributed by atoms with van der Waals surface area (Å²) in [5, 5.41) is 9.90. The molecule has 0 aliphatic heterocycles. The van der Waals surface area contributed by atoms with Gasteiger partial charge in [-0.15, -0.1) is 0 Å². The minimum Gasteiger partial charge on any atom is -0.456 e. The van der Waals surface area contributed by atoms with E-state index in [0.29, 0.717) is 0 Å². The average molecular weight is 714 g/mol. The minimum absolute atomic E-state index is 0.871. The van der Waals surface area contributed by atoms with E-state index in [1.807, 2.05) is 12.1 Å². The molecule has 0 amide bonds. The van der Waals surface area contributed by atoms with E-state index in [2.05, 4.69) is 205 Å². The quantitative estimate of drug-likeness (QED) is 0.160. The molecule has 0 N–H and O–H groups in total. The number of para-hydroxylation sites is 1. The van der Waals surface area contributed by atoms with Crippen LogP contribution in [0.25, 0.3) is 87.6 Å². The second-order valence-electron chi connectivity index (χ2n) is 14.5. The Balaban J connectivity index is 0.997. The van der Waals surface area contributed by atoms with Crippen LogP contribution < -0.4 is 4.90 Å². The van der Waals surface area contributed by atoms with E-state index in [0.717, 1.165) is 39.0 Å². The molecule has 0 fully saturated rings. The molecule has 0 atom stereocenters. The van der Waals surface area contributed by atoms with Crippen molar-refractivity contribution in [3.8, 4) is 33.4 Å². The van der Waals surface area contributed by atoms with E-state index in [4.69, 9.17) is 4.42 Å². The maximum atomic E-state index is 6.38. The average Bonchev–Trinajstić information content (AvgIpc) is 3.65. The maximum absolute atomic E-state index is 6.38. The smallest absolute Gasteiger partial charge is 0.137 e. The van der Waals surface area contributed by atoms with E-state index < -0.39 is 0 Å². The Morgan fingerprint density at radius 1 is 0.286 bits per heavy atom. The fourth-order valence-electron chi connectivity index (χ4n) is 8.51. The molecule has 0 aliphatic carbocycles. The molecule has 0 unspecified atom stereocenters. The highest BCUT2D eigenvalue weighted by molar-refractivity contribution is 6.20. The van der Waals surface area contributed by atoms with Crippen LogP contribution in [0.3, 0.4) is 0 Å². The molecule has 2 nitrogen and oxygen atoms in total. The van der Waals surface area contributed by atoms with Crippen LogP contribution in [0, 0.1) is 0 Å². The van der Waals surface area contributed by atoms with Crippen molar-refractivity contribution in [2.75, 3.05) is 4.90 Å². The topological polar surface area (TPSA) is 16.4 Å². The highest BCUT2D eigenvalue weighted by Gasteiger charge is 2.17. The monoisotopic (exact) mass is 713 g/mol. The number of hydrogen-bond acceptors (Lipinski definition) is 2. The second-order valence-corrected chi connectivity index (χ2v) is 14.5. The van der Waals surface area contributed by atoms with Gasteiger partial charge < -0.3 is 9.32 Å². The molecule has 2 heteroatoms. The third-order valence-electron chi connectivity index (χ3n) is 11.3. The number of nitrogens with zero attached hydrogens (tertiary/aromatic N) is 1. The van der Waals surface area contributed by atoms with E-state index in [9.17, 15) is 0 Å². The molecule has 262 valence electrons. The van der Waals surface area contributed by atoms with Crippen LogP contribution >= 0.6 is 0 Å². The summed E-state index contributed by atoms with van der Waals surface area (Å²) in [5.41, 5.74) is 12.1. The van der Waals surface area contributed by atoms with Crippen molar-refractivity contribution in [3.05, 3.63) is 212 Å². The number of benzene rings is 10. The molecule has 1 heterocycles. The molecule has 10 aromatic carbocycles. The molecule has 11 rings (SSSR count). The van der Waals surface area contributed by atoms with Crippen molar-refractivity contribution < 1.29 is 4.42 Å². The number of rotatable bonds is 6. The highest BCUT2D eigenvalue weighted by Crippen LogP contribution is 2.41. The maximum Gasteiger partial charge on any atom is 0.137 e. The molecule has 56 heavy (non-hydrogen) atoms. The number of anilines is 3. The van der Waals surface area contributed by atoms with Crippen molar-refractivity contribution in [1.29, 1.82) is 0 Å². The van der Waals surface area contributed by atoms with Crippen LogP contribution in [0.4, 0.5) is 17.1 Å². The van der Waals surface area contributed by atoms with Gasteiger partial charge in [-0.1, -0.05) is 158 Å². The Labute approximate surface area is 325 Å². The predicted molar refractivity (Wildman–Crippen MR) is 237 cm³/mol. The summed E-state index contributed by atoms with van der Waals surface area (Å²) in [5.74, 6) is 0. The number of hydrogen-bond donors (Lipinski definition) is 0.